The Morgan fingerprint density at radius 3 is 2.31 bits per heavy atom. The van der Waals surface area contributed by atoms with Crippen LogP contribution in [0.3, 0.4) is 0 Å². The first-order valence-electron chi connectivity index (χ1n) is 8.49. The number of hydrogen-bond donors (Lipinski definition) is 1. The van der Waals surface area contributed by atoms with Crippen molar-refractivity contribution in [3.63, 3.8) is 0 Å². The fourth-order valence-electron chi connectivity index (χ4n) is 2.69. The molecule has 2 aromatic carbocycles. The van der Waals surface area contributed by atoms with Crippen LogP contribution in [0.25, 0.3) is 0 Å². The molecule has 0 aliphatic carbocycles. The standard InChI is InChI=1S/C19H17Cl3N2O5/c1-17(2,3)12-7-8-14-15(10-12)29-19(28-14,18(20,21)22)23-16(25)11-5-4-6-13(9-11)24(26)27/h4-10H,1-3H3,(H,23,25). The molecular weight excluding hydrogens is 443 g/mol. The topological polar surface area (TPSA) is 90.7 Å². The van der Waals surface area contributed by atoms with E-state index < -0.39 is 20.5 Å². The molecule has 1 unspecified atom stereocenters. The number of non-ortho nitro benzene ring substituents is 1. The Morgan fingerprint density at radius 1 is 1.07 bits per heavy atom. The van der Waals surface area contributed by atoms with E-state index in [1.54, 1.807) is 12.1 Å². The molecule has 154 valence electrons. The molecule has 1 N–H and O–H groups in total. The van der Waals surface area contributed by atoms with E-state index in [1.165, 1.54) is 18.2 Å². The van der Waals surface area contributed by atoms with Crippen molar-refractivity contribution in [1.82, 2.24) is 5.32 Å². The first kappa shape index (κ1) is 21.5. The summed E-state index contributed by atoms with van der Waals surface area (Å²) < 4.78 is 9.28. The lowest BCUT2D eigenvalue weighted by Gasteiger charge is -2.33. The third kappa shape index (κ3) is 4.22. The maximum atomic E-state index is 12.7. The van der Waals surface area contributed by atoms with Gasteiger partial charge in [0.2, 0.25) is 0 Å². The Kier molecular flexibility index (Phi) is 5.36. The number of nitrogens with one attached hydrogen (secondary N) is 1. The average Bonchev–Trinajstić information content (AvgIpc) is 2.99. The highest BCUT2D eigenvalue weighted by molar-refractivity contribution is 6.68. The zero-order valence-electron chi connectivity index (χ0n) is 15.7. The number of fused-ring (bicyclic) bond motifs is 1. The van der Waals surface area contributed by atoms with Crippen molar-refractivity contribution in [3.05, 3.63) is 63.7 Å². The molecule has 1 aliphatic heterocycles. The van der Waals surface area contributed by atoms with Gasteiger partial charge in [0, 0.05) is 17.7 Å². The Hall–Kier alpha value is -2.22. The summed E-state index contributed by atoms with van der Waals surface area (Å²) in [5.74, 6) is -2.35. The second-order valence-corrected chi connectivity index (χ2v) is 9.77. The highest BCUT2D eigenvalue weighted by Crippen LogP contribution is 2.49. The van der Waals surface area contributed by atoms with Crippen LogP contribution in [-0.2, 0) is 5.41 Å². The number of amides is 1. The number of ether oxygens (including phenoxy) is 2. The SMILES string of the molecule is CC(C)(C)c1ccc2c(c1)OC(NC(=O)c1cccc([N+](=O)[O-])c1)(C(Cl)(Cl)Cl)O2. The predicted molar refractivity (Wildman–Crippen MR) is 110 cm³/mol. The Balaban J connectivity index is 1.94. The second-order valence-electron chi connectivity index (χ2n) is 7.49. The third-order valence-electron chi connectivity index (χ3n) is 4.29. The summed E-state index contributed by atoms with van der Waals surface area (Å²) in [4.78, 5) is 23.1. The molecule has 0 fully saturated rings. The minimum absolute atomic E-state index is 0.0219. The molecule has 10 heteroatoms. The quantitative estimate of drug-likeness (QED) is 0.391. The van der Waals surface area contributed by atoms with Crippen LogP contribution in [0, 0.1) is 10.1 Å². The maximum Gasteiger partial charge on any atom is 0.388 e. The molecule has 0 bridgehead atoms. The predicted octanol–water partition coefficient (Wildman–Crippen LogP) is 5.12. The summed E-state index contributed by atoms with van der Waals surface area (Å²) in [6.45, 7) is 6.07. The Bertz CT molecular complexity index is 985. The van der Waals surface area contributed by atoms with Crippen LogP contribution in [0.2, 0.25) is 0 Å². The molecule has 1 aliphatic rings. The summed E-state index contributed by atoms with van der Waals surface area (Å²) >= 11 is 18.3. The van der Waals surface area contributed by atoms with Gasteiger partial charge >= 0.3 is 5.91 Å². The number of carbonyl (C=O) groups is 1. The number of nitro groups is 1. The van der Waals surface area contributed by atoms with E-state index in [4.69, 9.17) is 44.3 Å². The van der Waals surface area contributed by atoms with E-state index >= 15 is 0 Å². The van der Waals surface area contributed by atoms with Crippen molar-refractivity contribution in [2.24, 2.45) is 0 Å². The molecule has 2 aromatic rings. The van der Waals surface area contributed by atoms with Gasteiger partial charge in [-0.2, -0.15) is 0 Å². The lowest BCUT2D eigenvalue weighted by atomic mass is 9.87. The van der Waals surface area contributed by atoms with Crippen LogP contribution < -0.4 is 14.8 Å². The summed E-state index contributed by atoms with van der Waals surface area (Å²) in [6, 6.07) is 10.4. The minimum atomic E-state index is -2.22. The Morgan fingerprint density at radius 2 is 1.72 bits per heavy atom. The number of nitro benzene ring substituents is 1. The van der Waals surface area contributed by atoms with E-state index in [0.29, 0.717) is 5.75 Å². The van der Waals surface area contributed by atoms with Gasteiger partial charge in [0.1, 0.15) is 0 Å². The van der Waals surface area contributed by atoms with Crippen molar-refractivity contribution < 1.29 is 19.2 Å². The highest BCUT2D eigenvalue weighted by Gasteiger charge is 2.59. The number of carbonyl (C=O) groups excluding carboxylic acids is 1. The van der Waals surface area contributed by atoms with Crippen molar-refractivity contribution in [3.8, 4) is 11.5 Å². The molecule has 7 nitrogen and oxygen atoms in total. The monoisotopic (exact) mass is 458 g/mol. The molecule has 3 rings (SSSR count). The normalized spacial score (nSPS) is 18.4. The number of halogens is 3. The summed E-state index contributed by atoms with van der Waals surface area (Å²) in [5.41, 5.74) is 0.499. The second kappa shape index (κ2) is 7.23. The molecule has 0 saturated carbocycles. The van der Waals surface area contributed by atoms with Crippen molar-refractivity contribution in [2.75, 3.05) is 0 Å². The van der Waals surface area contributed by atoms with Gasteiger partial charge < -0.3 is 9.47 Å². The summed E-state index contributed by atoms with van der Waals surface area (Å²) in [6.07, 6.45) is 0. The van der Waals surface area contributed by atoms with Crippen LogP contribution in [-0.4, -0.2) is 20.5 Å². The van der Waals surface area contributed by atoms with Gasteiger partial charge in [-0.1, -0.05) is 67.7 Å². The van der Waals surface area contributed by atoms with E-state index in [1.807, 2.05) is 26.8 Å². The molecule has 1 atom stereocenters. The first-order valence-corrected chi connectivity index (χ1v) is 9.62. The number of hydrogen-bond acceptors (Lipinski definition) is 5. The van der Waals surface area contributed by atoms with Crippen molar-refractivity contribution in [2.45, 2.75) is 35.9 Å². The van der Waals surface area contributed by atoms with Gasteiger partial charge in [0.25, 0.3) is 15.4 Å². The number of rotatable bonds is 3. The van der Waals surface area contributed by atoms with Crippen molar-refractivity contribution >= 4 is 46.4 Å². The number of alkyl halides is 3. The van der Waals surface area contributed by atoms with Gasteiger partial charge in [-0.3, -0.25) is 20.2 Å². The molecule has 0 radical (unpaired) electrons. The van der Waals surface area contributed by atoms with E-state index in [9.17, 15) is 14.9 Å². The molecular formula is C19H17Cl3N2O5. The lowest BCUT2D eigenvalue weighted by molar-refractivity contribution is -0.384. The number of nitrogens with zero attached hydrogens (tertiary/aromatic N) is 1. The molecule has 0 aromatic heterocycles. The molecule has 1 amide bonds. The summed E-state index contributed by atoms with van der Waals surface area (Å²) in [7, 11) is 0. The van der Waals surface area contributed by atoms with E-state index in [0.717, 1.165) is 11.6 Å². The first-order chi connectivity index (χ1) is 13.3. The van der Waals surface area contributed by atoms with Crippen molar-refractivity contribution in [1.29, 1.82) is 0 Å². The highest BCUT2D eigenvalue weighted by atomic mass is 35.6. The largest absolute Gasteiger partial charge is 0.428 e. The molecule has 0 spiro atoms. The molecule has 29 heavy (non-hydrogen) atoms. The fraction of sp³-hybridized carbons (Fsp3) is 0.316. The van der Waals surface area contributed by atoms with Crippen LogP contribution in [0.1, 0.15) is 36.7 Å². The van der Waals surface area contributed by atoms with Gasteiger partial charge in [-0.05, 0) is 29.2 Å². The third-order valence-corrected chi connectivity index (χ3v) is 5.03. The van der Waals surface area contributed by atoms with E-state index in [-0.39, 0.29) is 22.4 Å². The lowest BCUT2D eigenvalue weighted by Crippen LogP contribution is -2.63. The van der Waals surface area contributed by atoms with Gasteiger partial charge in [-0.25, -0.2) is 0 Å². The number of benzene rings is 2. The van der Waals surface area contributed by atoms with Gasteiger partial charge in [0.05, 0.1) is 4.92 Å². The van der Waals surface area contributed by atoms with E-state index in [2.05, 4.69) is 5.32 Å². The minimum Gasteiger partial charge on any atom is -0.428 e. The zero-order valence-corrected chi connectivity index (χ0v) is 17.9. The molecule has 0 saturated heterocycles. The van der Waals surface area contributed by atoms with Crippen LogP contribution in [0.5, 0.6) is 11.5 Å². The smallest absolute Gasteiger partial charge is 0.388 e. The van der Waals surface area contributed by atoms with Crippen LogP contribution in [0.15, 0.2) is 42.5 Å². The maximum absolute atomic E-state index is 12.7. The van der Waals surface area contributed by atoms with Gasteiger partial charge in [0.15, 0.2) is 11.5 Å². The molecule has 1 heterocycles. The van der Waals surface area contributed by atoms with Crippen LogP contribution >= 0.6 is 34.8 Å². The van der Waals surface area contributed by atoms with Gasteiger partial charge in [-0.15, -0.1) is 0 Å². The van der Waals surface area contributed by atoms with Crippen LogP contribution in [0.4, 0.5) is 5.69 Å². The zero-order chi connectivity index (χ0) is 21.6. The Labute approximate surface area is 182 Å². The average molecular weight is 460 g/mol. The summed E-state index contributed by atoms with van der Waals surface area (Å²) in [5, 5.41) is 13.4. The fourth-order valence-corrected chi connectivity index (χ4v) is 3.06.